The monoisotopic (exact) mass is 588 g/mol. The van der Waals surface area contributed by atoms with Gasteiger partial charge in [-0.05, 0) is 66.8 Å². The van der Waals surface area contributed by atoms with Crippen molar-refractivity contribution >= 4 is 45.6 Å². The van der Waals surface area contributed by atoms with Gasteiger partial charge in [0.2, 0.25) is 5.43 Å². The highest BCUT2D eigenvalue weighted by molar-refractivity contribution is 7.80. The van der Waals surface area contributed by atoms with Crippen molar-refractivity contribution in [2.45, 2.75) is 6.18 Å². The smallest absolute Gasteiger partial charge is 0.416 e. The van der Waals surface area contributed by atoms with Crippen molar-refractivity contribution in [1.82, 2.24) is 9.47 Å². The third-order valence-corrected chi connectivity index (χ3v) is 7.12. The number of anilines is 2. The fourth-order valence-corrected chi connectivity index (χ4v) is 4.97. The van der Waals surface area contributed by atoms with Crippen LogP contribution in [0.4, 0.5) is 33.3 Å². The van der Waals surface area contributed by atoms with Crippen LogP contribution in [0, 0.1) is 11.6 Å². The quantitative estimate of drug-likeness (QED) is 0.241. The molecule has 0 aliphatic carbocycles. The molecule has 0 radical (unpaired) electrons. The summed E-state index contributed by atoms with van der Waals surface area (Å²) < 4.78 is 69.4. The van der Waals surface area contributed by atoms with Gasteiger partial charge in [0.05, 0.1) is 16.8 Å². The van der Waals surface area contributed by atoms with Crippen molar-refractivity contribution in [3.05, 3.63) is 99.8 Å². The van der Waals surface area contributed by atoms with Crippen LogP contribution >= 0.6 is 12.2 Å². The van der Waals surface area contributed by atoms with Gasteiger partial charge in [0.1, 0.15) is 17.2 Å². The topological polar surface area (TPSA) is 77.8 Å². The highest BCUT2D eigenvalue weighted by atomic mass is 32.1. The van der Waals surface area contributed by atoms with Crippen LogP contribution in [0.1, 0.15) is 15.9 Å². The standard InChI is InChI=1S/C28H21F5N4O3S/c29-17-4-6-19(7-5-17)37-15-21(26(39)40)25(38)20-13-22(30)24(14-23(20)37)35-8-10-36(11-9-35)27(41)34-18-3-1-2-16(12-18)28(31,32)33/h1-7,12-15H,8-11H2,(H,34,41)(H,39,40). The summed E-state index contributed by atoms with van der Waals surface area (Å²) in [5.41, 5.74) is -1.29. The number of thiocarbonyl (C=S) groups is 1. The molecule has 1 aliphatic rings. The van der Waals surface area contributed by atoms with Crippen LogP contribution in [0.25, 0.3) is 16.6 Å². The minimum atomic E-state index is -4.49. The van der Waals surface area contributed by atoms with E-state index in [2.05, 4.69) is 5.32 Å². The molecular formula is C28H21F5N4O3S. The van der Waals surface area contributed by atoms with Gasteiger partial charge in [0.25, 0.3) is 0 Å². The number of nitrogens with one attached hydrogen (secondary N) is 1. The first-order valence-corrected chi connectivity index (χ1v) is 12.7. The molecule has 0 unspecified atom stereocenters. The van der Waals surface area contributed by atoms with E-state index in [1.165, 1.54) is 47.0 Å². The summed E-state index contributed by atoms with van der Waals surface area (Å²) in [6.45, 7) is 1.23. The Morgan fingerprint density at radius 1 is 0.951 bits per heavy atom. The Labute approximate surface area is 235 Å². The number of carbonyl (C=O) groups is 1. The fourth-order valence-electron chi connectivity index (χ4n) is 4.67. The Kier molecular flexibility index (Phi) is 7.39. The second-order valence-corrected chi connectivity index (χ2v) is 9.71. The molecule has 5 rings (SSSR count). The first-order valence-electron chi connectivity index (χ1n) is 12.3. The molecule has 1 aliphatic heterocycles. The van der Waals surface area contributed by atoms with Gasteiger partial charge in [-0.2, -0.15) is 13.2 Å². The fraction of sp³-hybridized carbons (Fsp3) is 0.179. The van der Waals surface area contributed by atoms with E-state index in [-0.39, 0.29) is 27.4 Å². The maximum absolute atomic E-state index is 15.4. The number of carboxylic acid groups (broad SMARTS) is 1. The summed E-state index contributed by atoms with van der Waals surface area (Å²) in [6.07, 6.45) is -3.37. The Hall–Kier alpha value is -4.52. The minimum absolute atomic E-state index is 0.152. The van der Waals surface area contributed by atoms with E-state index in [4.69, 9.17) is 12.2 Å². The molecule has 1 fully saturated rings. The molecule has 0 saturated carbocycles. The summed E-state index contributed by atoms with van der Waals surface area (Å²) in [6, 6.07) is 12.3. The second kappa shape index (κ2) is 10.8. The molecule has 212 valence electrons. The number of hydrogen-bond acceptors (Lipinski definition) is 4. The zero-order valence-electron chi connectivity index (χ0n) is 21.1. The molecule has 1 aromatic heterocycles. The lowest BCUT2D eigenvalue weighted by atomic mass is 10.1. The molecule has 41 heavy (non-hydrogen) atoms. The predicted octanol–water partition coefficient (Wildman–Crippen LogP) is 5.50. The number of aromatic carboxylic acids is 1. The predicted molar refractivity (Wildman–Crippen MR) is 148 cm³/mol. The summed E-state index contributed by atoms with van der Waals surface area (Å²) in [5.74, 6) is -2.73. The van der Waals surface area contributed by atoms with Gasteiger partial charge in [-0.15, -0.1) is 0 Å². The maximum atomic E-state index is 15.4. The number of halogens is 5. The number of nitrogens with zero attached hydrogens (tertiary/aromatic N) is 3. The number of rotatable bonds is 4. The van der Waals surface area contributed by atoms with Crippen LogP contribution in [0.3, 0.4) is 0 Å². The van der Waals surface area contributed by atoms with E-state index in [9.17, 15) is 32.3 Å². The largest absolute Gasteiger partial charge is 0.477 e. The van der Waals surface area contributed by atoms with Crippen LogP contribution in [-0.2, 0) is 6.18 Å². The van der Waals surface area contributed by atoms with E-state index in [0.717, 1.165) is 24.4 Å². The molecular weight excluding hydrogens is 567 g/mol. The number of piperazine rings is 1. The van der Waals surface area contributed by atoms with Gasteiger partial charge in [0.15, 0.2) is 5.11 Å². The zero-order chi connectivity index (χ0) is 29.5. The van der Waals surface area contributed by atoms with Gasteiger partial charge in [-0.3, -0.25) is 4.79 Å². The Balaban J connectivity index is 1.41. The molecule has 0 atom stereocenters. The van der Waals surface area contributed by atoms with Gasteiger partial charge in [-0.25, -0.2) is 13.6 Å². The van der Waals surface area contributed by atoms with Crippen molar-refractivity contribution in [2.75, 3.05) is 36.4 Å². The van der Waals surface area contributed by atoms with Gasteiger partial charge in [-0.1, -0.05) is 6.07 Å². The van der Waals surface area contributed by atoms with Crippen molar-refractivity contribution < 1.29 is 31.9 Å². The molecule has 2 N–H and O–H groups in total. The first kappa shape index (κ1) is 28.0. The number of hydrogen-bond donors (Lipinski definition) is 2. The second-order valence-electron chi connectivity index (χ2n) is 9.33. The lowest BCUT2D eigenvalue weighted by molar-refractivity contribution is -0.137. The molecule has 2 heterocycles. The number of fused-ring (bicyclic) bond motifs is 1. The van der Waals surface area contributed by atoms with Crippen molar-refractivity contribution in [3.63, 3.8) is 0 Å². The van der Waals surface area contributed by atoms with E-state index < -0.39 is 40.3 Å². The molecule has 0 amide bonds. The van der Waals surface area contributed by atoms with Gasteiger partial charge in [0, 0.05) is 49.1 Å². The summed E-state index contributed by atoms with van der Waals surface area (Å²) in [4.78, 5) is 28.1. The highest BCUT2D eigenvalue weighted by Crippen LogP contribution is 2.31. The lowest BCUT2D eigenvalue weighted by Gasteiger charge is -2.37. The maximum Gasteiger partial charge on any atom is 0.416 e. The van der Waals surface area contributed by atoms with Crippen LogP contribution < -0.4 is 15.6 Å². The van der Waals surface area contributed by atoms with Crippen LogP contribution in [0.5, 0.6) is 0 Å². The number of benzene rings is 3. The summed E-state index contributed by atoms with van der Waals surface area (Å²) >= 11 is 5.39. The lowest BCUT2D eigenvalue weighted by Crippen LogP contribution is -2.50. The minimum Gasteiger partial charge on any atom is -0.477 e. The van der Waals surface area contributed by atoms with E-state index in [0.29, 0.717) is 31.9 Å². The zero-order valence-corrected chi connectivity index (χ0v) is 21.9. The van der Waals surface area contributed by atoms with Gasteiger partial charge >= 0.3 is 12.1 Å². The van der Waals surface area contributed by atoms with E-state index in [1.54, 1.807) is 9.80 Å². The van der Waals surface area contributed by atoms with Crippen LogP contribution in [-0.4, -0.2) is 51.8 Å². The van der Waals surface area contributed by atoms with E-state index in [1.807, 2.05) is 0 Å². The molecule has 3 aromatic carbocycles. The Morgan fingerprint density at radius 2 is 1.63 bits per heavy atom. The third kappa shape index (κ3) is 5.71. The molecule has 0 spiro atoms. The summed E-state index contributed by atoms with van der Waals surface area (Å²) in [5, 5.41) is 12.4. The number of carboxylic acids is 1. The average Bonchev–Trinajstić information content (AvgIpc) is 2.93. The number of pyridine rings is 1. The van der Waals surface area contributed by atoms with Crippen LogP contribution in [0.15, 0.2) is 71.7 Å². The molecule has 4 aromatic rings. The number of aromatic nitrogens is 1. The number of alkyl halides is 3. The average molecular weight is 589 g/mol. The molecule has 13 heteroatoms. The Morgan fingerprint density at radius 3 is 2.27 bits per heavy atom. The van der Waals surface area contributed by atoms with Crippen molar-refractivity contribution in [1.29, 1.82) is 0 Å². The highest BCUT2D eigenvalue weighted by Gasteiger charge is 2.31. The third-order valence-electron chi connectivity index (χ3n) is 6.76. The van der Waals surface area contributed by atoms with Crippen molar-refractivity contribution in [2.24, 2.45) is 0 Å². The SMILES string of the molecule is O=C(O)c1cn(-c2ccc(F)cc2)c2cc(N3CCN(C(=S)Nc4cccc(C(F)(F)F)c4)CC3)c(F)cc2c1=O. The van der Waals surface area contributed by atoms with Gasteiger partial charge < -0.3 is 24.8 Å². The first-order chi connectivity index (χ1) is 19.4. The molecule has 1 saturated heterocycles. The van der Waals surface area contributed by atoms with Crippen LogP contribution in [0.2, 0.25) is 0 Å². The Bertz CT molecular complexity index is 1720. The summed E-state index contributed by atoms with van der Waals surface area (Å²) in [7, 11) is 0. The normalized spacial score (nSPS) is 13.9. The molecule has 7 nitrogen and oxygen atoms in total. The molecule has 0 bridgehead atoms. The van der Waals surface area contributed by atoms with E-state index >= 15 is 4.39 Å². The van der Waals surface area contributed by atoms with Crippen molar-refractivity contribution in [3.8, 4) is 5.69 Å².